The Morgan fingerprint density at radius 2 is 2.11 bits per heavy atom. The quantitative estimate of drug-likeness (QED) is 0.826. The number of rotatable bonds is 3. The van der Waals surface area contributed by atoms with Crippen molar-refractivity contribution in [3.05, 3.63) is 0 Å². The summed E-state index contributed by atoms with van der Waals surface area (Å²) >= 11 is 2.00. The topological polar surface area (TPSA) is 41.1 Å². The molecule has 2 rings (SSSR count). The molecule has 0 radical (unpaired) electrons. The Labute approximate surface area is 115 Å². The lowest BCUT2D eigenvalue weighted by atomic mass is 9.77. The molecule has 2 aliphatic rings. The first-order valence-corrected chi connectivity index (χ1v) is 8.07. The molecule has 2 unspecified atom stereocenters. The van der Waals surface area contributed by atoms with Crippen LogP contribution in [0.1, 0.15) is 46.5 Å². The molecule has 0 aromatic heterocycles. The zero-order valence-electron chi connectivity index (χ0n) is 11.8. The van der Waals surface area contributed by atoms with Gasteiger partial charge in [-0.25, -0.2) is 0 Å². The first-order valence-electron chi connectivity index (χ1n) is 7.08. The van der Waals surface area contributed by atoms with Gasteiger partial charge in [0.1, 0.15) is 0 Å². The van der Waals surface area contributed by atoms with Gasteiger partial charge in [0.05, 0.1) is 6.04 Å². The van der Waals surface area contributed by atoms with Crippen molar-refractivity contribution in [2.24, 2.45) is 5.41 Å². The molecule has 2 fully saturated rings. The Balaban J connectivity index is 1.87. The molecule has 1 amide bonds. The molecule has 0 spiro atoms. The maximum absolute atomic E-state index is 12.3. The molecule has 4 heteroatoms. The fourth-order valence-corrected chi connectivity index (χ4v) is 4.26. The van der Waals surface area contributed by atoms with Crippen molar-refractivity contribution in [3.63, 3.8) is 0 Å². The fraction of sp³-hybridized carbons (Fsp3) is 0.929. The number of carbonyl (C=O) groups is 1. The van der Waals surface area contributed by atoms with Crippen LogP contribution in [0.3, 0.4) is 0 Å². The highest BCUT2D eigenvalue weighted by Gasteiger charge is 2.38. The standard InChI is InChI=1S/C14H26N2OS/c1-13(2)6-4-8-15-11(13)12(17)16-10-14(3)7-5-9-18-14/h11,15H,4-10H2,1-3H3,(H,16,17). The minimum atomic E-state index is -0.0266. The molecule has 2 atom stereocenters. The van der Waals surface area contributed by atoms with Crippen LogP contribution in [0.5, 0.6) is 0 Å². The van der Waals surface area contributed by atoms with E-state index in [4.69, 9.17) is 0 Å². The van der Waals surface area contributed by atoms with Crippen molar-refractivity contribution in [1.29, 1.82) is 0 Å². The number of nitrogens with one attached hydrogen (secondary N) is 2. The van der Waals surface area contributed by atoms with E-state index in [0.29, 0.717) is 0 Å². The number of piperidine rings is 1. The summed E-state index contributed by atoms with van der Waals surface area (Å²) in [5, 5.41) is 6.55. The van der Waals surface area contributed by atoms with Crippen molar-refractivity contribution in [1.82, 2.24) is 10.6 Å². The van der Waals surface area contributed by atoms with E-state index in [-0.39, 0.29) is 22.1 Å². The average Bonchev–Trinajstić information content (AvgIpc) is 2.73. The van der Waals surface area contributed by atoms with Crippen LogP contribution in [0.25, 0.3) is 0 Å². The van der Waals surface area contributed by atoms with Crippen molar-refractivity contribution in [2.75, 3.05) is 18.8 Å². The predicted molar refractivity (Wildman–Crippen MR) is 77.9 cm³/mol. The predicted octanol–water partition coefficient (Wildman–Crippen LogP) is 2.17. The largest absolute Gasteiger partial charge is 0.353 e. The summed E-state index contributed by atoms with van der Waals surface area (Å²) in [6.45, 7) is 8.42. The van der Waals surface area contributed by atoms with Crippen LogP contribution in [-0.2, 0) is 4.79 Å². The summed E-state index contributed by atoms with van der Waals surface area (Å²) in [6, 6.07) is -0.0266. The van der Waals surface area contributed by atoms with E-state index in [1.807, 2.05) is 11.8 Å². The maximum atomic E-state index is 12.3. The second-order valence-corrected chi connectivity index (χ2v) is 8.28. The van der Waals surface area contributed by atoms with E-state index < -0.39 is 0 Å². The van der Waals surface area contributed by atoms with E-state index in [0.717, 1.165) is 19.5 Å². The minimum Gasteiger partial charge on any atom is -0.353 e. The maximum Gasteiger partial charge on any atom is 0.237 e. The molecule has 0 saturated carbocycles. The van der Waals surface area contributed by atoms with Gasteiger partial charge in [-0.15, -0.1) is 0 Å². The van der Waals surface area contributed by atoms with E-state index >= 15 is 0 Å². The lowest BCUT2D eigenvalue weighted by Crippen LogP contribution is -2.56. The van der Waals surface area contributed by atoms with Gasteiger partial charge in [-0.3, -0.25) is 4.79 Å². The third kappa shape index (κ3) is 3.21. The Morgan fingerprint density at radius 1 is 1.33 bits per heavy atom. The van der Waals surface area contributed by atoms with Crippen molar-refractivity contribution < 1.29 is 4.79 Å². The molecule has 2 N–H and O–H groups in total. The molecule has 0 aromatic rings. The summed E-state index contributed by atoms with van der Waals surface area (Å²) in [5.74, 6) is 1.42. The van der Waals surface area contributed by atoms with Gasteiger partial charge in [0.25, 0.3) is 0 Å². The first kappa shape index (κ1) is 14.2. The van der Waals surface area contributed by atoms with Gasteiger partial charge >= 0.3 is 0 Å². The molecule has 2 heterocycles. The molecule has 0 bridgehead atoms. The van der Waals surface area contributed by atoms with E-state index in [1.54, 1.807) is 0 Å². The van der Waals surface area contributed by atoms with E-state index in [1.165, 1.54) is 25.0 Å². The monoisotopic (exact) mass is 270 g/mol. The third-order valence-electron chi connectivity index (χ3n) is 4.33. The zero-order valence-corrected chi connectivity index (χ0v) is 12.7. The Bertz CT molecular complexity index is 311. The van der Waals surface area contributed by atoms with Crippen LogP contribution in [0, 0.1) is 5.41 Å². The number of carbonyl (C=O) groups excluding carboxylic acids is 1. The molecule has 0 aliphatic carbocycles. The number of amides is 1. The smallest absolute Gasteiger partial charge is 0.237 e. The van der Waals surface area contributed by atoms with E-state index in [2.05, 4.69) is 31.4 Å². The van der Waals surface area contributed by atoms with Gasteiger partial charge in [-0.1, -0.05) is 13.8 Å². The van der Waals surface area contributed by atoms with Crippen LogP contribution in [-0.4, -0.2) is 35.5 Å². The lowest BCUT2D eigenvalue weighted by Gasteiger charge is -2.38. The van der Waals surface area contributed by atoms with Gasteiger partial charge in [-0.2, -0.15) is 11.8 Å². The molecule has 18 heavy (non-hydrogen) atoms. The Kier molecular flexibility index (Phi) is 4.27. The van der Waals surface area contributed by atoms with E-state index in [9.17, 15) is 4.79 Å². The van der Waals surface area contributed by atoms with Crippen LogP contribution >= 0.6 is 11.8 Å². The third-order valence-corrected chi connectivity index (χ3v) is 5.87. The molecule has 104 valence electrons. The minimum absolute atomic E-state index is 0.0266. The van der Waals surface area contributed by atoms with Gasteiger partial charge in [0.2, 0.25) is 5.91 Å². The van der Waals surface area contributed by atoms with Gasteiger partial charge in [-0.05, 0) is 50.3 Å². The highest BCUT2D eigenvalue weighted by molar-refractivity contribution is 8.00. The normalized spacial score (nSPS) is 35.4. The molecule has 2 aliphatic heterocycles. The van der Waals surface area contributed by atoms with Gasteiger partial charge in [0.15, 0.2) is 0 Å². The van der Waals surface area contributed by atoms with Crippen LogP contribution in [0.2, 0.25) is 0 Å². The molecule has 3 nitrogen and oxygen atoms in total. The fourth-order valence-electron chi connectivity index (χ4n) is 3.01. The van der Waals surface area contributed by atoms with Crippen molar-refractivity contribution in [2.45, 2.75) is 57.2 Å². The summed E-state index contributed by atoms with van der Waals surface area (Å²) in [6.07, 6.45) is 4.80. The first-order chi connectivity index (χ1) is 8.43. The molecular weight excluding hydrogens is 244 g/mol. The summed E-state index contributed by atoms with van der Waals surface area (Å²) in [4.78, 5) is 12.3. The molecular formula is C14H26N2OS. The highest BCUT2D eigenvalue weighted by Crippen LogP contribution is 2.37. The Morgan fingerprint density at radius 3 is 2.72 bits per heavy atom. The summed E-state index contributed by atoms with van der Waals surface area (Å²) in [7, 11) is 0. The second-order valence-electron chi connectivity index (χ2n) is 6.60. The highest BCUT2D eigenvalue weighted by atomic mass is 32.2. The molecule has 2 saturated heterocycles. The van der Waals surface area contributed by atoms with Gasteiger partial charge < -0.3 is 10.6 Å². The van der Waals surface area contributed by atoms with Crippen LogP contribution in [0.4, 0.5) is 0 Å². The SMILES string of the molecule is CC1(CNC(=O)C2NCCCC2(C)C)CCCS1. The lowest BCUT2D eigenvalue weighted by molar-refractivity contribution is -0.126. The average molecular weight is 270 g/mol. The van der Waals surface area contributed by atoms with Crippen LogP contribution in [0.15, 0.2) is 0 Å². The van der Waals surface area contributed by atoms with Crippen LogP contribution < -0.4 is 10.6 Å². The van der Waals surface area contributed by atoms with Crippen molar-refractivity contribution in [3.8, 4) is 0 Å². The second kappa shape index (κ2) is 5.41. The van der Waals surface area contributed by atoms with Crippen molar-refractivity contribution >= 4 is 17.7 Å². The summed E-state index contributed by atoms with van der Waals surface area (Å²) < 4.78 is 0.258. The number of hydrogen-bond acceptors (Lipinski definition) is 3. The summed E-state index contributed by atoms with van der Waals surface area (Å²) in [5.41, 5.74) is 0.0755. The number of hydrogen-bond donors (Lipinski definition) is 2. The van der Waals surface area contributed by atoms with Gasteiger partial charge in [0, 0.05) is 11.3 Å². The number of thioether (sulfide) groups is 1. The Hall–Kier alpha value is -0.220. The molecule has 0 aromatic carbocycles. The zero-order chi connectivity index (χ0) is 13.2.